The predicted octanol–water partition coefficient (Wildman–Crippen LogP) is 2.93. The van der Waals surface area contributed by atoms with Gasteiger partial charge in [-0.05, 0) is 41.1 Å². The quantitative estimate of drug-likeness (QED) is 0.893. The first-order valence-electron chi connectivity index (χ1n) is 4.88. The number of aromatic amines is 1. The van der Waals surface area contributed by atoms with Crippen molar-refractivity contribution in [3.05, 3.63) is 39.6 Å². The average Bonchev–Trinajstić information content (AvgIpc) is 2.69. The Kier molecular flexibility index (Phi) is 3.65. The minimum absolute atomic E-state index is 0.115. The first kappa shape index (κ1) is 13.4. The summed E-state index contributed by atoms with van der Waals surface area (Å²) in [5, 5.41) is 6.79. The van der Waals surface area contributed by atoms with E-state index in [1.807, 2.05) is 0 Å². The number of sulfonamides is 1. The van der Waals surface area contributed by atoms with E-state index in [4.69, 9.17) is 11.6 Å². The molecule has 0 atom stereocenters. The molecule has 0 amide bonds. The largest absolute Gasteiger partial charge is 0.281 e. The van der Waals surface area contributed by atoms with Crippen LogP contribution in [0.3, 0.4) is 0 Å². The van der Waals surface area contributed by atoms with Crippen molar-refractivity contribution in [3.63, 3.8) is 0 Å². The van der Waals surface area contributed by atoms with E-state index in [-0.39, 0.29) is 4.90 Å². The van der Waals surface area contributed by atoms with Crippen LogP contribution in [0.4, 0.5) is 5.69 Å². The van der Waals surface area contributed by atoms with E-state index in [1.54, 1.807) is 25.1 Å². The fourth-order valence-electron chi connectivity index (χ4n) is 1.38. The van der Waals surface area contributed by atoms with Crippen molar-refractivity contribution in [1.29, 1.82) is 0 Å². The third-order valence-corrected chi connectivity index (χ3v) is 4.62. The summed E-state index contributed by atoms with van der Waals surface area (Å²) in [5.74, 6) is 0. The van der Waals surface area contributed by atoms with Crippen LogP contribution in [0.15, 0.2) is 33.8 Å². The van der Waals surface area contributed by atoms with Gasteiger partial charge in [-0.3, -0.25) is 9.82 Å². The normalized spacial score (nSPS) is 11.5. The molecule has 0 aliphatic carbocycles. The third-order valence-electron chi connectivity index (χ3n) is 2.25. The number of rotatable bonds is 3. The van der Waals surface area contributed by atoms with Crippen molar-refractivity contribution in [1.82, 2.24) is 10.2 Å². The average molecular weight is 351 g/mol. The Hall–Kier alpha value is -1.05. The summed E-state index contributed by atoms with van der Waals surface area (Å²) in [7, 11) is -3.65. The van der Waals surface area contributed by atoms with Crippen LogP contribution in [0.2, 0.25) is 5.02 Å². The van der Waals surface area contributed by atoms with E-state index in [1.165, 1.54) is 6.20 Å². The van der Waals surface area contributed by atoms with Crippen molar-refractivity contribution >= 4 is 43.2 Å². The van der Waals surface area contributed by atoms with Gasteiger partial charge in [-0.25, -0.2) is 8.42 Å². The molecular formula is C10H9BrClN3O2S. The topological polar surface area (TPSA) is 74.8 Å². The molecule has 8 heteroatoms. The molecule has 0 aliphatic rings. The van der Waals surface area contributed by atoms with Crippen molar-refractivity contribution in [2.24, 2.45) is 0 Å². The van der Waals surface area contributed by atoms with Crippen molar-refractivity contribution in [2.45, 2.75) is 11.8 Å². The second-order valence-corrected chi connectivity index (χ2v) is 6.53. The number of hydrogen-bond donors (Lipinski definition) is 2. The van der Waals surface area contributed by atoms with Gasteiger partial charge in [0, 0.05) is 9.50 Å². The molecule has 0 radical (unpaired) electrons. The van der Waals surface area contributed by atoms with Gasteiger partial charge in [-0.2, -0.15) is 5.10 Å². The van der Waals surface area contributed by atoms with Gasteiger partial charge in [0.15, 0.2) is 0 Å². The summed E-state index contributed by atoms with van der Waals surface area (Å²) >= 11 is 9.04. The van der Waals surface area contributed by atoms with Gasteiger partial charge in [-0.1, -0.05) is 11.6 Å². The van der Waals surface area contributed by atoms with Crippen LogP contribution in [0, 0.1) is 6.92 Å². The Morgan fingerprint density at radius 3 is 2.72 bits per heavy atom. The number of anilines is 1. The molecule has 2 N–H and O–H groups in total. The van der Waals surface area contributed by atoms with E-state index in [2.05, 4.69) is 30.8 Å². The van der Waals surface area contributed by atoms with E-state index >= 15 is 0 Å². The Balaban J connectivity index is 2.37. The van der Waals surface area contributed by atoms with Crippen LogP contribution < -0.4 is 4.72 Å². The Morgan fingerprint density at radius 2 is 2.17 bits per heavy atom. The number of H-pyrrole nitrogens is 1. The van der Waals surface area contributed by atoms with Crippen LogP contribution in [0.25, 0.3) is 0 Å². The lowest BCUT2D eigenvalue weighted by molar-refractivity contribution is 0.600. The third kappa shape index (κ3) is 2.68. The summed E-state index contributed by atoms with van der Waals surface area (Å²) in [6, 6.07) is 4.80. The molecule has 1 heterocycles. The molecule has 0 saturated heterocycles. The second kappa shape index (κ2) is 4.91. The summed E-state index contributed by atoms with van der Waals surface area (Å²) < 4.78 is 27.2. The molecule has 1 aromatic carbocycles. The summed E-state index contributed by atoms with van der Waals surface area (Å²) in [6.07, 6.45) is 1.27. The Bertz CT molecular complexity index is 684. The molecule has 2 rings (SSSR count). The molecule has 0 bridgehead atoms. The first-order chi connectivity index (χ1) is 8.40. The van der Waals surface area contributed by atoms with Gasteiger partial charge in [0.2, 0.25) is 0 Å². The van der Waals surface area contributed by atoms with Crippen LogP contribution in [-0.4, -0.2) is 18.6 Å². The van der Waals surface area contributed by atoms with Crippen molar-refractivity contribution in [2.75, 3.05) is 4.72 Å². The van der Waals surface area contributed by atoms with Crippen LogP contribution in [0.1, 0.15) is 5.69 Å². The number of hydrogen-bond acceptors (Lipinski definition) is 3. The van der Waals surface area contributed by atoms with Crippen LogP contribution in [-0.2, 0) is 10.0 Å². The maximum absolute atomic E-state index is 12.1. The van der Waals surface area contributed by atoms with E-state index < -0.39 is 10.0 Å². The van der Waals surface area contributed by atoms with Gasteiger partial charge in [0.25, 0.3) is 10.0 Å². The number of nitrogens with zero attached hydrogens (tertiary/aromatic N) is 1. The van der Waals surface area contributed by atoms with Gasteiger partial charge >= 0.3 is 0 Å². The molecule has 2 aromatic rings. The molecule has 0 aliphatic heterocycles. The maximum atomic E-state index is 12.1. The maximum Gasteiger partial charge on any atom is 0.265 e. The van der Waals surface area contributed by atoms with Crippen molar-refractivity contribution in [3.8, 4) is 0 Å². The smallest absolute Gasteiger partial charge is 0.265 e. The lowest BCUT2D eigenvalue weighted by Gasteiger charge is -2.09. The number of aryl methyl sites for hydroxylation is 1. The zero-order valence-corrected chi connectivity index (χ0v) is 12.4. The molecule has 0 spiro atoms. The lowest BCUT2D eigenvalue weighted by Crippen LogP contribution is -2.13. The van der Waals surface area contributed by atoms with Gasteiger partial charge in [0.05, 0.1) is 17.6 Å². The molecule has 96 valence electrons. The highest BCUT2D eigenvalue weighted by molar-refractivity contribution is 9.10. The van der Waals surface area contributed by atoms with Crippen LogP contribution in [0.5, 0.6) is 0 Å². The molecule has 0 fully saturated rings. The first-order valence-corrected chi connectivity index (χ1v) is 7.53. The van der Waals surface area contributed by atoms with E-state index in [9.17, 15) is 8.42 Å². The Labute approximate surface area is 118 Å². The summed E-state index contributed by atoms with van der Waals surface area (Å²) in [4.78, 5) is 0.115. The van der Waals surface area contributed by atoms with Gasteiger partial charge in [-0.15, -0.1) is 0 Å². The fourth-order valence-corrected chi connectivity index (χ4v) is 3.51. The summed E-state index contributed by atoms with van der Waals surface area (Å²) in [5.41, 5.74) is 0.896. The van der Waals surface area contributed by atoms with Crippen molar-refractivity contribution < 1.29 is 8.42 Å². The van der Waals surface area contributed by atoms with E-state index in [0.717, 1.165) is 0 Å². The molecule has 5 nitrogen and oxygen atoms in total. The number of aromatic nitrogens is 2. The molecule has 0 unspecified atom stereocenters. The standard InChI is InChI=1S/C10H9BrClN3O2S/c1-6-10(5-13-14-6)18(16,17)15-9-3-2-7(12)4-8(9)11/h2-5,15H,1H3,(H,13,14). The highest BCUT2D eigenvalue weighted by Gasteiger charge is 2.19. The molecular weight excluding hydrogens is 342 g/mol. The zero-order chi connectivity index (χ0) is 13.3. The lowest BCUT2D eigenvalue weighted by atomic mass is 10.3. The minimum Gasteiger partial charge on any atom is -0.281 e. The minimum atomic E-state index is -3.65. The highest BCUT2D eigenvalue weighted by Crippen LogP contribution is 2.28. The SMILES string of the molecule is Cc1[nH]ncc1S(=O)(=O)Nc1ccc(Cl)cc1Br. The van der Waals surface area contributed by atoms with Gasteiger partial charge in [0.1, 0.15) is 4.90 Å². The summed E-state index contributed by atoms with van der Waals surface area (Å²) in [6.45, 7) is 1.64. The number of nitrogens with one attached hydrogen (secondary N) is 2. The Morgan fingerprint density at radius 1 is 1.44 bits per heavy atom. The zero-order valence-electron chi connectivity index (χ0n) is 9.24. The predicted molar refractivity (Wildman–Crippen MR) is 73.3 cm³/mol. The number of benzene rings is 1. The monoisotopic (exact) mass is 349 g/mol. The van der Waals surface area contributed by atoms with Gasteiger partial charge < -0.3 is 0 Å². The van der Waals surface area contributed by atoms with Crippen LogP contribution >= 0.6 is 27.5 Å². The second-order valence-electron chi connectivity index (χ2n) is 3.59. The molecule has 1 aromatic heterocycles. The fraction of sp³-hybridized carbons (Fsp3) is 0.100. The highest BCUT2D eigenvalue weighted by atomic mass is 79.9. The molecule has 18 heavy (non-hydrogen) atoms. The van der Waals surface area contributed by atoms with E-state index in [0.29, 0.717) is 20.9 Å². The number of halogens is 2. The molecule has 0 saturated carbocycles.